The van der Waals surface area contributed by atoms with Crippen LogP contribution in [0.5, 0.6) is 5.75 Å². The Labute approximate surface area is 211 Å². The van der Waals surface area contributed by atoms with Gasteiger partial charge in [-0.1, -0.05) is 0 Å². The lowest BCUT2D eigenvalue weighted by atomic mass is 9.98. The number of phenols is 1. The Hall–Kier alpha value is -3.45. The van der Waals surface area contributed by atoms with Crippen LogP contribution in [0.3, 0.4) is 0 Å². The minimum atomic E-state index is -4.68. The van der Waals surface area contributed by atoms with Gasteiger partial charge in [0.25, 0.3) is 5.91 Å². The standard InChI is InChI=1S/C24H30F3N5O5/c1-3-37-20(34)6-8-32-7-4-5-16(12-32)29-23-17(22(28)35)11-18(30-31-23)21-14(13-36-2)9-15(10-19(21)33)24(25,26)27/h9-11,16,33H,3-8,12-13H2,1-2H3,(H2,28,35)(H,29,31)/t16-/m1/s1. The van der Waals surface area contributed by atoms with Crippen molar-refractivity contribution in [2.24, 2.45) is 5.73 Å². The van der Waals surface area contributed by atoms with Gasteiger partial charge in [-0.15, -0.1) is 10.2 Å². The van der Waals surface area contributed by atoms with E-state index < -0.39 is 23.4 Å². The number of benzene rings is 1. The van der Waals surface area contributed by atoms with Crippen LogP contribution in [0.1, 0.15) is 47.7 Å². The Morgan fingerprint density at radius 3 is 2.68 bits per heavy atom. The molecule has 0 unspecified atom stereocenters. The lowest BCUT2D eigenvalue weighted by Crippen LogP contribution is -2.43. The van der Waals surface area contributed by atoms with Crippen LogP contribution in [0, 0.1) is 0 Å². The maximum Gasteiger partial charge on any atom is 0.416 e. The van der Waals surface area contributed by atoms with Gasteiger partial charge in [0.2, 0.25) is 0 Å². The summed E-state index contributed by atoms with van der Waals surface area (Å²) in [4.78, 5) is 26.0. The molecule has 3 rings (SSSR count). The lowest BCUT2D eigenvalue weighted by Gasteiger charge is -2.33. The SMILES string of the molecule is CCOC(=O)CCN1CCC[C@@H](Nc2nnc(-c3c(O)cc(C(F)(F)F)cc3COC)cc2C(N)=O)C1. The number of rotatable bonds is 10. The van der Waals surface area contributed by atoms with Gasteiger partial charge in [0.15, 0.2) is 5.82 Å². The number of carbonyl (C=O) groups excluding carboxylic acids is 2. The maximum absolute atomic E-state index is 13.2. The van der Waals surface area contributed by atoms with Gasteiger partial charge in [0, 0.05) is 31.8 Å². The molecule has 1 amide bonds. The molecule has 37 heavy (non-hydrogen) atoms. The number of methoxy groups -OCH3 is 1. The number of halogens is 3. The summed E-state index contributed by atoms with van der Waals surface area (Å²) in [6.45, 7) is 3.74. The maximum atomic E-state index is 13.2. The highest BCUT2D eigenvalue weighted by atomic mass is 19.4. The molecule has 2 heterocycles. The minimum Gasteiger partial charge on any atom is -0.507 e. The molecule has 0 radical (unpaired) electrons. The largest absolute Gasteiger partial charge is 0.507 e. The zero-order valence-electron chi connectivity index (χ0n) is 20.6. The third-order valence-electron chi connectivity index (χ3n) is 5.93. The number of phenolic OH excluding ortho intramolecular Hbond substituents is 1. The molecular formula is C24H30F3N5O5. The third-order valence-corrected chi connectivity index (χ3v) is 5.93. The van der Waals surface area contributed by atoms with E-state index in [9.17, 15) is 27.9 Å². The summed E-state index contributed by atoms with van der Waals surface area (Å²) in [6, 6.07) is 2.60. The molecular weight excluding hydrogens is 495 g/mol. The summed E-state index contributed by atoms with van der Waals surface area (Å²) < 4.78 is 49.7. The minimum absolute atomic E-state index is 0.0183. The van der Waals surface area contributed by atoms with Crippen molar-refractivity contribution in [2.45, 2.75) is 45.0 Å². The van der Waals surface area contributed by atoms with Crippen LogP contribution in [0.2, 0.25) is 0 Å². The van der Waals surface area contributed by atoms with E-state index in [1.807, 2.05) is 0 Å². The second kappa shape index (κ2) is 12.2. The van der Waals surface area contributed by atoms with Gasteiger partial charge in [0.1, 0.15) is 5.75 Å². The normalized spacial score (nSPS) is 16.4. The molecule has 1 aliphatic rings. The van der Waals surface area contributed by atoms with E-state index in [-0.39, 0.29) is 53.2 Å². The van der Waals surface area contributed by atoms with Crippen LogP contribution in [-0.2, 0) is 27.1 Å². The van der Waals surface area contributed by atoms with Crippen molar-refractivity contribution in [3.63, 3.8) is 0 Å². The van der Waals surface area contributed by atoms with Crippen molar-refractivity contribution in [2.75, 3.05) is 38.7 Å². The number of carbonyl (C=O) groups is 2. The number of ether oxygens (including phenoxy) is 2. The van der Waals surface area contributed by atoms with Crippen LogP contribution < -0.4 is 11.1 Å². The number of likely N-dealkylation sites (tertiary alicyclic amines) is 1. The van der Waals surface area contributed by atoms with E-state index in [2.05, 4.69) is 20.4 Å². The number of hydrogen-bond acceptors (Lipinski definition) is 9. The number of esters is 1. The van der Waals surface area contributed by atoms with Crippen molar-refractivity contribution in [3.8, 4) is 17.0 Å². The molecule has 1 aromatic heterocycles. The fourth-order valence-electron chi connectivity index (χ4n) is 4.27. The number of nitrogens with two attached hydrogens (primary N) is 1. The first-order valence-electron chi connectivity index (χ1n) is 11.8. The summed E-state index contributed by atoms with van der Waals surface area (Å²) in [5, 5.41) is 21.7. The van der Waals surface area contributed by atoms with Crippen LogP contribution in [0.4, 0.5) is 19.0 Å². The number of aromatic nitrogens is 2. The van der Waals surface area contributed by atoms with Gasteiger partial charge < -0.3 is 30.5 Å². The molecule has 13 heteroatoms. The van der Waals surface area contributed by atoms with E-state index in [0.29, 0.717) is 25.8 Å². The highest BCUT2D eigenvalue weighted by Gasteiger charge is 2.33. The van der Waals surface area contributed by atoms with Crippen molar-refractivity contribution >= 4 is 17.7 Å². The highest BCUT2D eigenvalue weighted by Crippen LogP contribution is 2.39. The average Bonchev–Trinajstić information content (AvgIpc) is 2.83. The second-order valence-electron chi connectivity index (χ2n) is 8.66. The van der Waals surface area contributed by atoms with E-state index in [1.165, 1.54) is 13.2 Å². The Morgan fingerprint density at radius 2 is 2.03 bits per heavy atom. The lowest BCUT2D eigenvalue weighted by molar-refractivity contribution is -0.143. The summed E-state index contributed by atoms with van der Waals surface area (Å²) >= 11 is 0. The third kappa shape index (κ3) is 7.29. The number of amides is 1. The first-order chi connectivity index (χ1) is 17.5. The van der Waals surface area contributed by atoms with Crippen LogP contribution >= 0.6 is 0 Å². The number of hydrogen-bond donors (Lipinski definition) is 3. The number of aromatic hydroxyl groups is 1. The predicted molar refractivity (Wildman–Crippen MR) is 128 cm³/mol. The molecule has 1 fully saturated rings. The molecule has 0 spiro atoms. The van der Waals surface area contributed by atoms with Gasteiger partial charge in [-0.2, -0.15) is 13.2 Å². The zero-order chi connectivity index (χ0) is 27.2. The monoisotopic (exact) mass is 525 g/mol. The fourth-order valence-corrected chi connectivity index (χ4v) is 4.27. The Bertz CT molecular complexity index is 1130. The Balaban J connectivity index is 1.85. The fraction of sp³-hybridized carbons (Fsp3) is 0.500. The van der Waals surface area contributed by atoms with Crippen molar-refractivity contribution in [1.82, 2.24) is 15.1 Å². The predicted octanol–water partition coefficient (Wildman–Crippen LogP) is 2.94. The van der Waals surface area contributed by atoms with Crippen LogP contribution in [0.25, 0.3) is 11.3 Å². The first-order valence-corrected chi connectivity index (χ1v) is 11.8. The van der Waals surface area contributed by atoms with Crippen molar-refractivity contribution in [3.05, 3.63) is 34.9 Å². The molecule has 202 valence electrons. The van der Waals surface area contributed by atoms with Crippen LogP contribution in [0.15, 0.2) is 18.2 Å². The molecule has 0 saturated carbocycles. The molecule has 10 nitrogen and oxygen atoms in total. The summed E-state index contributed by atoms with van der Waals surface area (Å²) in [6.07, 6.45) is -2.80. The number of nitrogens with zero attached hydrogens (tertiary/aromatic N) is 3. The van der Waals surface area contributed by atoms with Gasteiger partial charge in [-0.3, -0.25) is 9.59 Å². The highest BCUT2D eigenvalue weighted by molar-refractivity contribution is 5.98. The number of nitrogens with one attached hydrogen (secondary N) is 1. The molecule has 1 atom stereocenters. The molecule has 1 aromatic carbocycles. The van der Waals surface area contributed by atoms with E-state index in [0.717, 1.165) is 25.5 Å². The zero-order valence-corrected chi connectivity index (χ0v) is 20.6. The molecule has 1 aliphatic heterocycles. The number of piperidine rings is 1. The van der Waals surface area contributed by atoms with Crippen molar-refractivity contribution in [1.29, 1.82) is 0 Å². The van der Waals surface area contributed by atoms with Crippen molar-refractivity contribution < 1.29 is 37.3 Å². The molecule has 4 N–H and O–H groups in total. The smallest absolute Gasteiger partial charge is 0.416 e. The topological polar surface area (TPSA) is 140 Å². The van der Waals surface area contributed by atoms with E-state index in [1.54, 1.807) is 6.92 Å². The van der Waals surface area contributed by atoms with Gasteiger partial charge in [0.05, 0.1) is 36.5 Å². The Kier molecular flexibility index (Phi) is 9.27. The van der Waals surface area contributed by atoms with Gasteiger partial charge in [-0.05, 0) is 50.1 Å². The quantitative estimate of drug-likeness (QED) is 0.400. The number of anilines is 1. The average molecular weight is 526 g/mol. The summed E-state index contributed by atoms with van der Waals surface area (Å²) in [5.74, 6) is -1.66. The second-order valence-corrected chi connectivity index (χ2v) is 8.66. The molecule has 0 aliphatic carbocycles. The number of primary amides is 1. The Morgan fingerprint density at radius 1 is 1.27 bits per heavy atom. The summed E-state index contributed by atoms with van der Waals surface area (Å²) in [5.41, 5.74) is 4.44. The number of alkyl halides is 3. The van der Waals surface area contributed by atoms with E-state index >= 15 is 0 Å². The first kappa shape index (κ1) is 28.1. The molecule has 2 aromatic rings. The summed E-state index contributed by atoms with van der Waals surface area (Å²) in [7, 11) is 1.30. The van der Waals surface area contributed by atoms with Crippen LogP contribution in [-0.4, -0.2) is 71.5 Å². The molecule has 0 bridgehead atoms. The van der Waals surface area contributed by atoms with E-state index in [4.69, 9.17) is 15.2 Å². The molecule has 1 saturated heterocycles. The van der Waals surface area contributed by atoms with Gasteiger partial charge in [-0.25, -0.2) is 0 Å². The van der Waals surface area contributed by atoms with Gasteiger partial charge >= 0.3 is 12.1 Å².